The minimum absolute atomic E-state index is 0. The van der Waals surface area contributed by atoms with Crippen molar-refractivity contribution in [2.75, 3.05) is 0 Å². The van der Waals surface area contributed by atoms with Gasteiger partial charge in [-0.15, -0.1) is 0 Å². The van der Waals surface area contributed by atoms with Crippen LogP contribution in [0.3, 0.4) is 0 Å². The fourth-order valence-electron chi connectivity index (χ4n) is 0. The van der Waals surface area contributed by atoms with Gasteiger partial charge < -0.3 is 16.7 Å². The van der Waals surface area contributed by atoms with Gasteiger partial charge in [0.1, 0.15) is 0 Å². The molecule has 0 saturated carbocycles. The fraction of sp³-hybridized carbons (Fsp3) is 0. The molecule has 0 atom stereocenters. The molecule has 5 heavy (non-hydrogen) atoms. The van der Waals surface area contributed by atoms with E-state index in [0.717, 1.165) is 0 Å². The first-order valence-corrected chi connectivity index (χ1v) is 0. The van der Waals surface area contributed by atoms with Gasteiger partial charge in [-0.1, -0.05) is 0 Å². The zero-order chi connectivity index (χ0) is 0. The second kappa shape index (κ2) is 50.3. The van der Waals surface area contributed by atoms with Crippen LogP contribution in [0.15, 0.2) is 0 Å². The normalized spacial score (nSPS) is 0. The number of hydrogen-bond acceptors (Lipinski definition) is 0. The van der Waals surface area contributed by atoms with E-state index >= 15 is 0 Å². The predicted octanol–water partition coefficient (Wildman–Crippen LogP) is -1.96. The molecule has 0 aromatic rings. The van der Waals surface area contributed by atoms with Crippen molar-refractivity contribution in [1.29, 1.82) is 0 Å². The van der Waals surface area contributed by atoms with E-state index in [2.05, 4.69) is 0 Å². The number of rotatable bonds is 0. The van der Waals surface area contributed by atoms with Crippen molar-refractivity contribution in [2.24, 2.45) is 0 Å². The monoisotopic (exact) mass is 137 g/mol. The third-order valence-electron chi connectivity index (χ3n) is 0. The first kappa shape index (κ1) is 89.0. The quantitative estimate of drug-likeness (QED) is 0.349. The van der Waals surface area contributed by atoms with Crippen LogP contribution in [0.5, 0.6) is 0 Å². The minimum Gasteiger partial charge on any atom is -1.00 e. The average molecular weight is 139 g/mol. The van der Waals surface area contributed by atoms with Gasteiger partial charge in [0.15, 0.2) is 0 Å². The SMILES string of the molecule is O.O.[Be+2].[H-].[H-].[H-].[H-].[Mg+2].[Zn]. The van der Waals surface area contributed by atoms with Gasteiger partial charge in [-0.3, -0.25) is 0 Å². The zero-order valence-corrected chi connectivity index (χ0v) is 7.50. The molecule has 0 spiro atoms. The molecule has 0 fully saturated rings. The van der Waals surface area contributed by atoms with E-state index in [9.17, 15) is 0 Å². The molecule has 0 amide bonds. The van der Waals surface area contributed by atoms with Crippen molar-refractivity contribution < 1.29 is 36.1 Å². The Bertz CT molecular complexity index is 18.5. The van der Waals surface area contributed by atoms with Crippen molar-refractivity contribution in [2.45, 2.75) is 0 Å². The topological polar surface area (TPSA) is 63.0 Å². The Morgan fingerprint density at radius 2 is 1.00 bits per heavy atom. The van der Waals surface area contributed by atoms with Gasteiger partial charge in [0.25, 0.3) is 0 Å². The van der Waals surface area contributed by atoms with Gasteiger partial charge in [0, 0.05) is 19.5 Å². The Morgan fingerprint density at radius 3 is 1.00 bits per heavy atom. The summed E-state index contributed by atoms with van der Waals surface area (Å²) in [7, 11) is 0. The summed E-state index contributed by atoms with van der Waals surface area (Å²) < 4.78 is 0. The van der Waals surface area contributed by atoms with Crippen LogP contribution in [0.25, 0.3) is 0 Å². The first-order chi connectivity index (χ1) is 0. The molecular weight excluding hydrogens is 131 g/mol. The van der Waals surface area contributed by atoms with E-state index in [1.165, 1.54) is 0 Å². The zero-order valence-electron chi connectivity index (χ0n) is 7.12. The standard InChI is InChI=1S/Be.Mg.2H2O.Zn.4H/h;;2*1H2;;;;;/q2*+2;;;;4*-1. The van der Waals surface area contributed by atoms with Crippen LogP contribution in [-0.2, 0) is 19.5 Å². The third-order valence-corrected chi connectivity index (χ3v) is 0. The molecule has 0 heterocycles. The molecular formula is H8BeMgO2Zn. The van der Waals surface area contributed by atoms with Crippen LogP contribution in [0.1, 0.15) is 5.71 Å². The Kier molecular flexibility index (Phi) is 894. The molecule has 4 N–H and O–H groups in total. The van der Waals surface area contributed by atoms with Crippen molar-refractivity contribution in [3.63, 3.8) is 0 Å². The van der Waals surface area contributed by atoms with Crippen molar-refractivity contribution in [3.8, 4) is 0 Å². The molecule has 0 aliphatic carbocycles. The van der Waals surface area contributed by atoms with Gasteiger partial charge in [0.05, 0.1) is 0 Å². The first-order valence-electron chi connectivity index (χ1n) is 0. The van der Waals surface area contributed by atoms with Crippen molar-refractivity contribution in [1.82, 2.24) is 0 Å². The molecule has 0 radical (unpaired) electrons. The molecule has 0 bridgehead atoms. The molecule has 0 rings (SSSR count). The maximum atomic E-state index is 0. The van der Waals surface area contributed by atoms with Crippen LogP contribution in [-0.4, -0.2) is 44.1 Å². The van der Waals surface area contributed by atoms with Crippen molar-refractivity contribution in [3.05, 3.63) is 0 Å². The molecule has 2 nitrogen and oxygen atoms in total. The summed E-state index contributed by atoms with van der Waals surface area (Å²) in [6.07, 6.45) is 0. The minimum atomic E-state index is 0. The summed E-state index contributed by atoms with van der Waals surface area (Å²) in [6.45, 7) is 0. The molecule has 0 aromatic carbocycles. The van der Waals surface area contributed by atoms with E-state index in [1.54, 1.807) is 0 Å². The Hall–Kier alpha value is 1.48. The van der Waals surface area contributed by atoms with E-state index in [0.29, 0.717) is 0 Å². The van der Waals surface area contributed by atoms with Gasteiger partial charge in [-0.05, 0) is 0 Å². The largest absolute Gasteiger partial charge is 2.00 e. The maximum Gasteiger partial charge on any atom is 2.00 e. The fourth-order valence-corrected chi connectivity index (χ4v) is 0. The van der Waals surface area contributed by atoms with E-state index in [-0.39, 0.29) is 69.3 Å². The van der Waals surface area contributed by atoms with E-state index < -0.39 is 0 Å². The Morgan fingerprint density at radius 1 is 1.00 bits per heavy atom. The van der Waals surface area contributed by atoms with Crippen LogP contribution in [0.2, 0.25) is 0 Å². The molecule has 0 aliphatic heterocycles. The van der Waals surface area contributed by atoms with E-state index in [1.807, 2.05) is 0 Å². The van der Waals surface area contributed by atoms with Gasteiger partial charge in [-0.25, -0.2) is 0 Å². The second-order valence-electron chi connectivity index (χ2n) is 0. The smallest absolute Gasteiger partial charge is 1.00 e. The summed E-state index contributed by atoms with van der Waals surface area (Å²) in [5.41, 5.74) is 0. The van der Waals surface area contributed by atoms with Gasteiger partial charge in [0.2, 0.25) is 0 Å². The summed E-state index contributed by atoms with van der Waals surface area (Å²) in [5.74, 6) is 0. The van der Waals surface area contributed by atoms with Crippen molar-refractivity contribution >= 4 is 33.2 Å². The van der Waals surface area contributed by atoms with Crippen LogP contribution in [0, 0.1) is 0 Å². The molecule has 0 aromatic heterocycles. The van der Waals surface area contributed by atoms with Crippen LogP contribution in [0.4, 0.5) is 0 Å². The predicted molar refractivity (Wildman–Crippen MR) is 23.2 cm³/mol. The summed E-state index contributed by atoms with van der Waals surface area (Å²) in [6, 6.07) is 0. The average Bonchev–Trinajstić information content (AvgIpc) is 0. The summed E-state index contributed by atoms with van der Waals surface area (Å²) in [5, 5.41) is 0. The molecule has 0 aliphatic rings. The third kappa shape index (κ3) is 30.3. The summed E-state index contributed by atoms with van der Waals surface area (Å²) >= 11 is 0. The van der Waals surface area contributed by atoms with Crippen LogP contribution >= 0.6 is 0 Å². The molecule has 5 heteroatoms. The second-order valence-corrected chi connectivity index (χ2v) is 0. The molecule has 0 unspecified atom stereocenters. The Balaban J connectivity index is 0. The van der Waals surface area contributed by atoms with Gasteiger partial charge in [-0.2, -0.15) is 0 Å². The van der Waals surface area contributed by atoms with Crippen LogP contribution < -0.4 is 0 Å². The number of hydrogen-bond donors (Lipinski definition) is 0. The Labute approximate surface area is 69.4 Å². The summed E-state index contributed by atoms with van der Waals surface area (Å²) in [4.78, 5) is 0. The molecule has 0 saturated heterocycles. The molecule has 26 valence electrons. The maximum absolute atomic E-state index is 0. The van der Waals surface area contributed by atoms with Gasteiger partial charge >= 0.3 is 33.2 Å². The van der Waals surface area contributed by atoms with E-state index in [4.69, 9.17) is 0 Å².